The number of carbonyl (C=O) groups excluding carboxylic acids is 2. The Kier molecular flexibility index (Phi) is 12.9. The van der Waals surface area contributed by atoms with Crippen molar-refractivity contribution < 1.29 is 19.4 Å². The van der Waals surface area contributed by atoms with Crippen molar-refractivity contribution in [3.05, 3.63) is 24.4 Å². The Balaban J connectivity index is 2.02. The van der Waals surface area contributed by atoms with Crippen LogP contribution in [0.1, 0.15) is 91.9 Å². The van der Waals surface area contributed by atoms with E-state index >= 15 is 0 Å². The molecule has 1 aliphatic rings. The van der Waals surface area contributed by atoms with Crippen molar-refractivity contribution in [3.8, 4) is 0 Å². The van der Waals surface area contributed by atoms with Crippen molar-refractivity contribution >= 4 is 23.8 Å². The number of rotatable bonds is 13. The quantitative estimate of drug-likeness (QED) is 0.306. The van der Waals surface area contributed by atoms with Gasteiger partial charge in [-0.1, -0.05) is 57.9 Å². The lowest BCUT2D eigenvalue weighted by molar-refractivity contribution is -0.125. The lowest BCUT2D eigenvalue weighted by Gasteiger charge is -2.31. The highest BCUT2D eigenvalue weighted by Gasteiger charge is 2.30. The van der Waals surface area contributed by atoms with Crippen LogP contribution in [0.15, 0.2) is 29.4 Å². The fraction of sp³-hybridized carbons (Fsp3) is 0.741. The molecule has 3 atom stereocenters. The molecular formula is C27H45N3O4S. The van der Waals surface area contributed by atoms with Crippen LogP contribution >= 0.6 is 11.8 Å². The number of amides is 2. The molecule has 7 nitrogen and oxygen atoms in total. The summed E-state index contributed by atoms with van der Waals surface area (Å²) in [5.74, 6) is 0.964. The van der Waals surface area contributed by atoms with Gasteiger partial charge >= 0.3 is 6.09 Å². The SMILES string of the molecule is CCCC[C@H](NC(=O)OC(C)(C)C)C(=O)N[C@@H](CC1CCCCC1)[C@@H](O)CCSc1ccccn1. The predicted molar refractivity (Wildman–Crippen MR) is 141 cm³/mol. The molecule has 0 radical (unpaired) electrons. The summed E-state index contributed by atoms with van der Waals surface area (Å²) in [4.78, 5) is 30.0. The van der Waals surface area contributed by atoms with E-state index in [2.05, 4.69) is 22.5 Å². The minimum Gasteiger partial charge on any atom is -0.444 e. The van der Waals surface area contributed by atoms with E-state index in [1.807, 2.05) is 18.2 Å². The van der Waals surface area contributed by atoms with Gasteiger partial charge in [0.05, 0.1) is 17.2 Å². The third-order valence-corrected chi connectivity index (χ3v) is 7.24. The fourth-order valence-electron chi connectivity index (χ4n) is 4.42. The largest absolute Gasteiger partial charge is 0.444 e. The molecular weight excluding hydrogens is 462 g/mol. The van der Waals surface area contributed by atoms with Gasteiger partial charge in [0.2, 0.25) is 5.91 Å². The van der Waals surface area contributed by atoms with E-state index in [-0.39, 0.29) is 11.9 Å². The molecule has 0 aliphatic heterocycles. The minimum absolute atomic E-state index is 0.249. The molecule has 1 heterocycles. The van der Waals surface area contributed by atoms with Crippen LogP contribution in [-0.2, 0) is 9.53 Å². The fourth-order valence-corrected chi connectivity index (χ4v) is 5.30. The first kappa shape index (κ1) is 29.4. The molecule has 1 aliphatic carbocycles. The lowest BCUT2D eigenvalue weighted by Crippen LogP contribution is -2.53. The topological polar surface area (TPSA) is 101 Å². The summed E-state index contributed by atoms with van der Waals surface area (Å²) in [5, 5.41) is 17.9. The Labute approximate surface area is 215 Å². The minimum atomic E-state index is -0.686. The van der Waals surface area contributed by atoms with Gasteiger partial charge in [-0.2, -0.15) is 0 Å². The van der Waals surface area contributed by atoms with Gasteiger partial charge < -0.3 is 20.5 Å². The molecule has 0 saturated heterocycles. The number of hydrogen-bond acceptors (Lipinski definition) is 6. The van der Waals surface area contributed by atoms with Crippen LogP contribution in [0.5, 0.6) is 0 Å². The number of nitrogens with zero attached hydrogens (tertiary/aromatic N) is 1. The van der Waals surface area contributed by atoms with Crippen LogP contribution in [0, 0.1) is 5.92 Å². The Bertz CT molecular complexity index is 751. The van der Waals surface area contributed by atoms with Crippen molar-refractivity contribution in [2.75, 3.05) is 5.75 Å². The molecule has 1 aromatic heterocycles. The highest BCUT2D eigenvalue weighted by molar-refractivity contribution is 7.99. The van der Waals surface area contributed by atoms with Gasteiger partial charge in [-0.25, -0.2) is 9.78 Å². The van der Waals surface area contributed by atoms with Crippen molar-refractivity contribution in [1.82, 2.24) is 15.6 Å². The second kappa shape index (κ2) is 15.3. The maximum Gasteiger partial charge on any atom is 0.408 e. The van der Waals surface area contributed by atoms with Crippen molar-refractivity contribution in [2.24, 2.45) is 5.92 Å². The summed E-state index contributed by atoms with van der Waals surface area (Å²) in [6, 6.07) is 4.76. The number of aromatic nitrogens is 1. The molecule has 0 spiro atoms. The lowest BCUT2D eigenvalue weighted by atomic mass is 9.83. The van der Waals surface area contributed by atoms with Crippen LogP contribution in [-0.4, -0.2) is 51.6 Å². The summed E-state index contributed by atoms with van der Waals surface area (Å²) in [6.07, 6.45) is 10.0. The van der Waals surface area contributed by atoms with Gasteiger partial charge in [0.1, 0.15) is 11.6 Å². The number of aliphatic hydroxyl groups excluding tert-OH is 1. The molecule has 0 aromatic carbocycles. The van der Waals surface area contributed by atoms with Crippen molar-refractivity contribution in [2.45, 2.75) is 121 Å². The molecule has 8 heteroatoms. The van der Waals surface area contributed by atoms with Crippen LogP contribution in [0.25, 0.3) is 0 Å². The molecule has 2 rings (SSSR count). The number of hydrogen-bond donors (Lipinski definition) is 3. The smallest absolute Gasteiger partial charge is 0.408 e. The number of thioether (sulfide) groups is 1. The van der Waals surface area contributed by atoms with Gasteiger partial charge in [-0.05, 0) is 58.1 Å². The van der Waals surface area contributed by atoms with E-state index in [9.17, 15) is 14.7 Å². The van der Waals surface area contributed by atoms with Gasteiger partial charge in [0.25, 0.3) is 0 Å². The van der Waals surface area contributed by atoms with Gasteiger partial charge in [0.15, 0.2) is 0 Å². The first-order valence-electron chi connectivity index (χ1n) is 13.2. The number of unbranched alkanes of at least 4 members (excludes halogenated alkanes) is 1. The zero-order valence-electron chi connectivity index (χ0n) is 21.9. The van der Waals surface area contributed by atoms with E-state index < -0.39 is 23.8 Å². The Hall–Kier alpha value is -1.80. The standard InChI is InChI=1S/C27H45N3O4S/c1-5-6-14-21(30-26(33)34-27(2,3)4)25(32)29-22(19-20-12-8-7-9-13-20)23(31)16-18-35-24-15-10-11-17-28-24/h10-11,15,17,20-23,31H,5-9,12-14,16,18-19H2,1-4H3,(H,29,32)(H,30,33)/t21-,22-,23-/m0/s1. The van der Waals surface area contributed by atoms with Gasteiger partial charge in [-0.3, -0.25) is 4.79 Å². The predicted octanol–water partition coefficient (Wildman–Crippen LogP) is 5.46. The second-order valence-corrected chi connectivity index (χ2v) is 11.7. The second-order valence-electron chi connectivity index (χ2n) is 10.6. The number of ether oxygens (including phenoxy) is 1. The third kappa shape index (κ3) is 12.1. The number of alkyl carbamates (subject to hydrolysis) is 1. The van der Waals surface area contributed by atoms with Crippen LogP contribution in [0.4, 0.5) is 4.79 Å². The van der Waals surface area contributed by atoms with E-state index in [1.54, 1.807) is 38.7 Å². The summed E-state index contributed by atoms with van der Waals surface area (Å²) in [5.41, 5.74) is -0.638. The maximum absolute atomic E-state index is 13.3. The summed E-state index contributed by atoms with van der Waals surface area (Å²) < 4.78 is 5.38. The van der Waals surface area contributed by atoms with Crippen LogP contribution in [0.3, 0.4) is 0 Å². The monoisotopic (exact) mass is 507 g/mol. The average Bonchev–Trinajstić information content (AvgIpc) is 2.81. The Morgan fingerprint density at radius 1 is 1.17 bits per heavy atom. The van der Waals surface area contributed by atoms with E-state index in [4.69, 9.17) is 4.74 Å². The molecule has 1 fully saturated rings. The molecule has 1 aromatic rings. The zero-order valence-corrected chi connectivity index (χ0v) is 22.7. The molecule has 0 unspecified atom stereocenters. The summed E-state index contributed by atoms with van der Waals surface area (Å²) >= 11 is 1.60. The van der Waals surface area contributed by atoms with Gasteiger partial charge in [0, 0.05) is 11.9 Å². The molecule has 198 valence electrons. The summed E-state index contributed by atoms with van der Waals surface area (Å²) in [6.45, 7) is 7.45. The van der Waals surface area contributed by atoms with Crippen LogP contribution in [0.2, 0.25) is 0 Å². The Morgan fingerprint density at radius 2 is 1.91 bits per heavy atom. The number of aliphatic hydroxyl groups is 1. The molecule has 0 bridgehead atoms. The van der Waals surface area contributed by atoms with Crippen molar-refractivity contribution in [3.63, 3.8) is 0 Å². The Morgan fingerprint density at radius 3 is 2.54 bits per heavy atom. The third-order valence-electron chi connectivity index (χ3n) is 6.26. The average molecular weight is 508 g/mol. The number of carbonyl (C=O) groups is 2. The highest BCUT2D eigenvalue weighted by atomic mass is 32.2. The van der Waals surface area contributed by atoms with Gasteiger partial charge in [-0.15, -0.1) is 11.8 Å². The van der Waals surface area contributed by atoms with Crippen molar-refractivity contribution in [1.29, 1.82) is 0 Å². The molecule has 3 N–H and O–H groups in total. The summed E-state index contributed by atoms with van der Waals surface area (Å²) in [7, 11) is 0. The number of pyridine rings is 1. The first-order valence-corrected chi connectivity index (χ1v) is 14.2. The molecule has 35 heavy (non-hydrogen) atoms. The van der Waals surface area contributed by atoms with E-state index in [0.717, 1.165) is 37.1 Å². The van der Waals surface area contributed by atoms with E-state index in [1.165, 1.54) is 19.3 Å². The normalized spacial score (nSPS) is 17.3. The zero-order chi connectivity index (χ0) is 25.7. The first-order chi connectivity index (χ1) is 16.7. The van der Waals surface area contributed by atoms with Crippen LogP contribution < -0.4 is 10.6 Å². The maximum atomic E-state index is 13.3. The van der Waals surface area contributed by atoms with E-state index in [0.29, 0.717) is 24.5 Å². The highest BCUT2D eigenvalue weighted by Crippen LogP contribution is 2.29. The molecule has 1 saturated carbocycles. The number of nitrogens with one attached hydrogen (secondary N) is 2. The molecule has 2 amide bonds.